The predicted octanol–water partition coefficient (Wildman–Crippen LogP) is 5.15. The third-order valence-electron chi connectivity index (χ3n) is 4.35. The molecule has 0 aliphatic heterocycles. The van der Waals surface area contributed by atoms with Crippen LogP contribution in [0.5, 0.6) is 5.75 Å². The van der Waals surface area contributed by atoms with Crippen molar-refractivity contribution in [3.05, 3.63) is 101 Å². The fourth-order valence-corrected chi connectivity index (χ4v) is 2.71. The van der Waals surface area contributed by atoms with Gasteiger partial charge in [0.05, 0.1) is 11.8 Å². The molecule has 0 spiro atoms. The Hall–Kier alpha value is -3.40. The fraction of sp³-hybridized carbons (Fsp3) is 0.167. The van der Waals surface area contributed by atoms with Crippen LogP contribution in [-0.4, -0.2) is 12.1 Å². The van der Waals surface area contributed by atoms with Crippen LogP contribution in [0.4, 0.5) is 0 Å². The molecule has 0 aliphatic rings. The lowest BCUT2D eigenvalue weighted by molar-refractivity contribution is 0.0950. The summed E-state index contributed by atoms with van der Waals surface area (Å²) in [6.07, 6.45) is 1.63. The molecular formula is C24H24N2O2. The molecule has 0 unspecified atom stereocenters. The topological polar surface area (TPSA) is 50.7 Å². The van der Waals surface area contributed by atoms with Crippen molar-refractivity contribution in [1.29, 1.82) is 0 Å². The number of amides is 1. The number of carbonyl (C=O) groups is 1. The average molecular weight is 372 g/mol. The van der Waals surface area contributed by atoms with E-state index in [1.165, 1.54) is 5.56 Å². The highest BCUT2D eigenvalue weighted by molar-refractivity contribution is 5.97. The Bertz CT molecular complexity index is 932. The van der Waals surface area contributed by atoms with E-state index in [1.54, 1.807) is 24.4 Å². The molecule has 0 saturated heterocycles. The van der Waals surface area contributed by atoms with Crippen molar-refractivity contribution in [2.45, 2.75) is 26.4 Å². The number of carbonyl (C=O) groups excluding carboxylic acids is 1. The maximum absolute atomic E-state index is 12.5. The van der Waals surface area contributed by atoms with Gasteiger partial charge in [-0.05, 0) is 34.7 Å². The molecule has 28 heavy (non-hydrogen) atoms. The molecule has 0 fully saturated rings. The molecule has 0 radical (unpaired) electrons. The quantitative estimate of drug-likeness (QED) is 0.460. The summed E-state index contributed by atoms with van der Waals surface area (Å²) in [4.78, 5) is 12.5. The summed E-state index contributed by atoms with van der Waals surface area (Å²) >= 11 is 0. The molecule has 142 valence electrons. The van der Waals surface area contributed by atoms with Gasteiger partial charge in [-0.25, -0.2) is 5.43 Å². The van der Waals surface area contributed by atoms with Crippen molar-refractivity contribution in [3.8, 4) is 5.75 Å². The van der Waals surface area contributed by atoms with Crippen LogP contribution in [0.2, 0.25) is 0 Å². The number of nitrogens with zero attached hydrogens (tertiary/aromatic N) is 1. The third-order valence-corrected chi connectivity index (χ3v) is 4.35. The number of ether oxygens (including phenoxy) is 1. The van der Waals surface area contributed by atoms with E-state index in [-0.39, 0.29) is 5.91 Å². The van der Waals surface area contributed by atoms with Crippen molar-refractivity contribution in [2.24, 2.45) is 5.10 Å². The van der Waals surface area contributed by atoms with Gasteiger partial charge in [0.2, 0.25) is 0 Å². The van der Waals surface area contributed by atoms with Crippen LogP contribution in [-0.2, 0) is 6.61 Å². The molecular weight excluding hydrogens is 348 g/mol. The molecule has 3 aromatic rings. The molecule has 0 aromatic heterocycles. The lowest BCUT2D eigenvalue weighted by atomic mass is 10.0. The van der Waals surface area contributed by atoms with E-state index in [0.29, 0.717) is 23.8 Å². The maximum atomic E-state index is 12.5. The number of hydrazone groups is 1. The number of rotatable bonds is 7. The maximum Gasteiger partial charge on any atom is 0.275 e. The van der Waals surface area contributed by atoms with Gasteiger partial charge in [-0.2, -0.15) is 5.10 Å². The molecule has 0 heterocycles. The predicted molar refractivity (Wildman–Crippen MR) is 113 cm³/mol. The minimum atomic E-state index is -0.307. The Morgan fingerprint density at radius 2 is 1.64 bits per heavy atom. The normalized spacial score (nSPS) is 11.0. The largest absolute Gasteiger partial charge is 0.488 e. The molecule has 3 rings (SSSR count). The van der Waals surface area contributed by atoms with E-state index in [4.69, 9.17) is 4.74 Å². The second kappa shape index (κ2) is 9.51. The average Bonchev–Trinajstić information content (AvgIpc) is 2.73. The van der Waals surface area contributed by atoms with Crippen molar-refractivity contribution in [2.75, 3.05) is 0 Å². The molecule has 1 N–H and O–H groups in total. The van der Waals surface area contributed by atoms with Crippen LogP contribution in [0, 0.1) is 0 Å². The molecule has 0 bridgehead atoms. The highest BCUT2D eigenvalue weighted by atomic mass is 16.5. The minimum Gasteiger partial charge on any atom is -0.488 e. The second-order valence-electron chi connectivity index (χ2n) is 6.79. The van der Waals surface area contributed by atoms with Gasteiger partial charge in [0.25, 0.3) is 5.91 Å². The zero-order valence-electron chi connectivity index (χ0n) is 16.1. The van der Waals surface area contributed by atoms with Gasteiger partial charge >= 0.3 is 0 Å². The molecule has 0 aliphatic carbocycles. The number of nitrogens with one attached hydrogen (secondary N) is 1. The van der Waals surface area contributed by atoms with E-state index >= 15 is 0 Å². The summed E-state index contributed by atoms with van der Waals surface area (Å²) < 4.78 is 5.83. The summed E-state index contributed by atoms with van der Waals surface area (Å²) in [6, 6.07) is 25.1. The highest BCUT2D eigenvalue weighted by Crippen LogP contribution is 2.19. The first-order valence-corrected chi connectivity index (χ1v) is 9.32. The molecule has 1 amide bonds. The summed E-state index contributed by atoms with van der Waals surface area (Å²) in [7, 11) is 0. The lowest BCUT2D eigenvalue weighted by Gasteiger charge is -2.10. The molecule has 4 nitrogen and oxygen atoms in total. The smallest absolute Gasteiger partial charge is 0.275 e. The lowest BCUT2D eigenvalue weighted by Crippen LogP contribution is -2.18. The number of hydrogen-bond donors (Lipinski definition) is 1. The van der Waals surface area contributed by atoms with Crippen LogP contribution in [0.25, 0.3) is 0 Å². The van der Waals surface area contributed by atoms with Gasteiger partial charge in [0, 0.05) is 0 Å². The van der Waals surface area contributed by atoms with Crippen molar-refractivity contribution in [1.82, 2.24) is 5.43 Å². The molecule has 0 atom stereocenters. The van der Waals surface area contributed by atoms with E-state index < -0.39 is 0 Å². The zero-order valence-corrected chi connectivity index (χ0v) is 16.1. The van der Waals surface area contributed by atoms with Gasteiger partial charge in [-0.1, -0.05) is 80.6 Å². The van der Waals surface area contributed by atoms with E-state index in [1.807, 2.05) is 48.5 Å². The Morgan fingerprint density at radius 1 is 0.964 bits per heavy atom. The first-order chi connectivity index (χ1) is 13.6. The van der Waals surface area contributed by atoms with Gasteiger partial charge in [-0.3, -0.25) is 4.79 Å². The number of para-hydroxylation sites is 1. The first-order valence-electron chi connectivity index (χ1n) is 9.32. The third kappa shape index (κ3) is 5.30. The first kappa shape index (κ1) is 19.4. The number of benzene rings is 3. The van der Waals surface area contributed by atoms with Gasteiger partial charge < -0.3 is 4.74 Å². The van der Waals surface area contributed by atoms with Crippen molar-refractivity contribution >= 4 is 12.1 Å². The minimum absolute atomic E-state index is 0.307. The summed E-state index contributed by atoms with van der Waals surface area (Å²) in [5.74, 6) is 0.706. The van der Waals surface area contributed by atoms with E-state index in [0.717, 1.165) is 11.1 Å². The summed E-state index contributed by atoms with van der Waals surface area (Å²) in [6.45, 7) is 4.71. The van der Waals surface area contributed by atoms with Crippen LogP contribution < -0.4 is 10.2 Å². The summed E-state index contributed by atoms with van der Waals surface area (Å²) in [5.41, 5.74) is 6.26. The van der Waals surface area contributed by atoms with Crippen LogP contribution in [0.3, 0.4) is 0 Å². The standard InChI is InChI=1S/C24H24N2O2/c1-18(2)21-14-12-19(13-15-21)16-25-26-24(27)22-10-6-7-11-23(22)28-17-20-8-4-3-5-9-20/h3-16,18H,17H2,1-2H3,(H,26,27). The van der Waals surface area contributed by atoms with Gasteiger partial charge in [-0.15, -0.1) is 0 Å². The van der Waals surface area contributed by atoms with Crippen LogP contribution in [0.15, 0.2) is 84.0 Å². The van der Waals surface area contributed by atoms with Crippen molar-refractivity contribution in [3.63, 3.8) is 0 Å². The Morgan fingerprint density at radius 3 is 2.36 bits per heavy atom. The Kier molecular flexibility index (Phi) is 6.58. The Labute approximate surface area is 165 Å². The monoisotopic (exact) mass is 372 g/mol. The fourth-order valence-electron chi connectivity index (χ4n) is 2.71. The zero-order chi connectivity index (χ0) is 19.8. The van der Waals surface area contributed by atoms with E-state index in [2.05, 4.69) is 36.5 Å². The molecule has 0 saturated carbocycles. The SMILES string of the molecule is CC(C)c1ccc(C=NNC(=O)c2ccccc2OCc2ccccc2)cc1. The van der Waals surface area contributed by atoms with E-state index in [9.17, 15) is 4.79 Å². The van der Waals surface area contributed by atoms with Crippen LogP contribution >= 0.6 is 0 Å². The molecule has 4 heteroatoms. The highest BCUT2D eigenvalue weighted by Gasteiger charge is 2.11. The van der Waals surface area contributed by atoms with Gasteiger partial charge in [0.15, 0.2) is 0 Å². The van der Waals surface area contributed by atoms with Crippen molar-refractivity contribution < 1.29 is 9.53 Å². The van der Waals surface area contributed by atoms with Crippen LogP contribution in [0.1, 0.15) is 46.8 Å². The Balaban J connectivity index is 1.62. The number of hydrogen-bond acceptors (Lipinski definition) is 3. The second-order valence-corrected chi connectivity index (χ2v) is 6.79. The van der Waals surface area contributed by atoms with Gasteiger partial charge in [0.1, 0.15) is 12.4 Å². The summed E-state index contributed by atoms with van der Waals surface area (Å²) in [5, 5.41) is 4.07. The molecule has 3 aromatic carbocycles.